The maximum absolute atomic E-state index is 11.8. The molecule has 1 aromatic carbocycles. The summed E-state index contributed by atoms with van der Waals surface area (Å²) in [6.45, 7) is 1.88. The van der Waals surface area contributed by atoms with E-state index in [1.165, 1.54) is 18.6 Å². The van der Waals surface area contributed by atoms with Crippen LogP contribution in [0.1, 0.15) is 16.1 Å². The van der Waals surface area contributed by atoms with Crippen molar-refractivity contribution in [1.82, 2.24) is 9.97 Å². The number of hydrogen-bond donors (Lipinski definition) is 2. The van der Waals surface area contributed by atoms with E-state index in [2.05, 4.69) is 15.3 Å². The Hall–Kier alpha value is -2.43. The van der Waals surface area contributed by atoms with Crippen molar-refractivity contribution in [3.8, 4) is 0 Å². The number of nitrogens with one attached hydrogen (secondary N) is 1. The van der Waals surface area contributed by atoms with Crippen LogP contribution in [0.15, 0.2) is 36.8 Å². The summed E-state index contributed by atoms with van der Waals surface area (Å²) in [6.07, 6.45) is 4.41. The molecule has 0 aliphatic rings. The fraction of sp³-hybridized carbons (Fsp3) is 0.0833. The SMILES string of the molecule is Cc1cc(NC(=O)c2cnccn2)ccc1N. The molecule has 0 atom stereocenters. The topological polar surface area (TPSA) is 80.9 Å². The van der Waals surface area contributed by atoms with Gasteiger partial charge in [-0.2, -0.15) is 0 Å². The Balaban J connectivity index is 2.16. The van der Waals surface area contributed by atoms with E-state index in [1.54, 1.807) is 12.1 Å². The standard InChI is InChI=1S/C12H12N4O/c1-8-6-9(2-3-10(8)13)16-12(17)11-7-14-4-5-15-11/h2-7H,13H2,1H3,(H,16,17). The van der Waals surface area contributed by atoms with Crippen LogP contribution >= 0.6 is 0 Å². The molecule has 0 radical (unpaired) electrons. The molecule has 0 fully saturated rings. The highest BCUT2D eigenvalue weighted by molar-refractivity contribution is 6.02. The van der Waals surface area contributed by atoms with E-state index in [1.807, 2.05) is 13.0 Å². The Morgan fingerprint density at radius 2 is 2.18 bits per heavy atom. The number of nitrogen functional groups attached to an aromatic ring is 1. The number of carbonyl (C=O) groups excluding carboxylic acids is 1. The Morgan fingerprint density at radius 3 is 2.82 bits per heavy atom. The zero-order valence-electron chi connectivity index (χ0n) is 9.34. The number of amides is 1. The third kappa shape index (κ3) is 2.57. The van der Waals surface area contributed by atoms with Gasteiger partial charge in [0.15, 0.2) is 0 Å². The van der Waals surface area contributed by atoms with Crippen LogP contribution in [0, 0.1) is 6.92 Å². The summed E-state index contributed by atoms with van der Waals surface area (Å²) in [4.78, 5) is 19.5. The zero-order chi connectivity index (χ0) is 12.3. The van der Waals surface area contributed by atoms with Crippen molar-refractivity contribution in [3.63, 3.8) is 0 Å². The van der Waals surface area contributed by atoms with E-state index in [0.29, 0.717) is 11.4 Å². The highest BCUT2D eigenvalue weighted by Crippen LogP contribution is 2.16. The Labute approximate surface area is 98.7 Å². The van der Waals surface area contributed by atoms with Crippen LogP contribution < -0.4 is 11.1 Å². The summed E-state index contributed by atoms with van der Waals surface area (Å²) >= 11 is 0. The molecule has 1 aromatic heterocycles. The third-order valence-electron chi connectivity index (χ3n) is 2.32. The second-order valence-corrected chi connectivity index (χ2v) is 3.62. The Bertz CT molecular complexity index is 539. The molecule has 5 nitrogen and oxygen atoms in total. The molecule has 2 aromatic rings. The van der Waals surface area contributed by atoms with Gasteiger partial charge in [0.1, 0.15) is 5.69 Å². The van der Waals surface area contributed by atoms with E-state index in [9.17, 15) is 4.79 Å². The summed E-state index contributed by atoms with van der Waals surface area (Å²) in [7, 11) is 0. The Kier molecular flexibility index (Phi) is 3.00. The van der Waals surface area contributed by atoms with Crippen LogP contribution in [0.3, 0.4) is 0 Å². The van der Waals surface area contributed by atoms with E-state index >= 15 is 0 Å². The number of benzene rings is 1. The highest BCUT2D eigenvalue weighted by atomic mass is 16.1. The molecule has 0 saturated heterocycles. The van der Waals surface area contributed by atoms with Gasteiger partial charge in [0.05, 0.1) is 6.20 Å². The molecule has 0 aliphatic heterocycles. The molecule has 1 amide bonds. The van der Waals surface area contributed by atoms with Gasteiger partial charge in [0.2, 0.25) is 0 Å². The third-order valence-corrected chi connectivity index (χ3v) is 2.32. The first-order chi connectivity index (χ1) is 8.16. The molecule has 0 bridgehead atoms. The van der Waals surface area contributed by atoms with Crippen molar-refractivity contribution >= 4 is 17.3 Å². The minimum atomic E-state index is -0.290. The van der Waals surface area contributed by atoms with Gasteiger partial charge in [-0.1, -0.05) is 0 Å². The monoisotopic (exact) mass is 228 g/mol. The number of nitrogens with two attached hydrogens (primary N) is 1. The molecule has 0 aliphatic carbocycles. The number of anilines is 2. The number of nitrogens with zero attached hydrogens (tertiary/aromatic N) is 2. The lowest BCUT2D eigenvalue weighted by Gasteiger charge is -2.06. The molecular weight excluding hydrogens is 216 g/mol. The van der Waals surface area contributed by atoms with Crippen molar-refractivity contribution in [1.29, 1.82) is 0 Å². The van der Waals surface area contributed by atoms with Crippen molar-refractivity contribution in [2.24, 2.45) is 0 Å². The molecule has 0 unspecified atom stereocenters. The molecule has 5 heteroatoms. The van der Waals surface area contributed by atoms with Crippen LogP contribution in [0.5, 0.6) is 0 Å². The van der Waals surface area contributed by atoms with Gasteiger partial charge in [-0.25, -0.2) is 4.98 Å². The summed E-state index contributed by atoms with van der Waals surface area (Å²) in [6, 6.07) is 5.31. The number of aryl methyl sites for hydroxylation is 1. The molecule has 3 N–H and O–H groups in total. The second-order valence-electron chi connectivity index (χ2n) is 3.62. The molecule has 0 spiro atoms. The molecule has 17 heavy (non-hydrogen) atoms. The second kappa shape index (κ2) is 4.61. The average molecular weight is 228 g/mol. The van der Waals surface area contributed by atoms with Crippen LogP contribution in [-0.4, -0.2) is 15.9 Å². The van der Waals surface area contributed by atoms with Crippen LogP contribution in [0.2, 0.25) is 0 Å². The number of aromatic nitrogens is 2. The van der Waals surface area contributed by atoms with Crippen molar-refractivity contribution in [2.75, 3.05) is 11.1 Å². The van der Waals surface area contributed by atoms with Gasteiger partial charge in [-0.15, -0.1) is 0 Å². The summed E-state index contributed by atoms with van der Waals surface area (Å²) < 4.78 is 0. The predicted octanol–water partition coefficient (Wildman–Crippen LogP) is 1.62. The normalized spacial score (nSPS) is 9.94. The minimum absolute atomic E-state index is 0.280. The smallest absolute Gasteiger partial charge is 0.275 e. The maximum Gasteiger partial charge on any atom is 0.275 e. The molecule has 2 rings (SSSR count). The quantitative estimate of drug-likeness (QED) is 0.765. The van der Waals surface area contributed by atoms with Gasteiger partial charge in [0, 0.05) is 23.8 Å². The summed E-state index contributed by atoms with van der Waals surface area (Å²) in [5.41, 5.74) is 8.28. The average Bonchev–Trinajstić information content (AvgIpc) is 2.35. The predicted molar refractivity (Wildman–Crippen MR) is 65.6 cm³/mol. The van der Waals surface area contributed by atoms with E-state index < -0.39 is 0 Å². The van der Waals surface area contributed by atoms with Crippen molar-refractivity contribution in [3.05, 3.63) is 48.0 Å². The number of carbonyl (C=O) groups is 1. The van der Waals surface area contributed by atoms with Gasteiger partial charge in [-0.3, -0.25) is 9.78 Å². The van der Waals surface area contributed by atoms with E-state index in [-0.39, 0.29) is 11.6 Å². The van der Waals surface area contributed by atoms with E-state index in [4.69, 9.17) is 5.73 Å². The lowest BCUT2D eigenvalue weighted by molar-refractivity contribution is 0.102. The lowest BCUT2D eigenvalue weighted by atomic mass is 10.2. The van der Waals surface area contributed by atoms with Crippen LogP contribution in [0.4, 0.5) is 11.4 Å². The summed E-state index contributed by atoms with van der Waals surface area (Å²) in [5, 5.41) is 2.73. The van der Waals surface area contributed by atoms with Gasteiger partial charge in [0.25, 0.3) is 5.91 Å². The molecule has 1 heterocycles. The summed E-state index contributed by atoms with van der Waals surface area (Å²) in [5.74, 6) is -0.290. The molecular formula is C12H12N4O. The number of rotatable bonds is 2. The zero-order valence-corrected chi connectivity index (χ0v) is 9.34. The van der Waals surface area contributed by atoms with Crippen molar-refractivity contribution < 1.29 is 4.79 Å². The largest absolute Gasteiger partial charge is 0.399 e. The van der Waals surface area contributed by atoms with Crippen LogP contribution in [0.25, 0.3) is 0 Å². The van der Waals surface area contributed by atoms with Gasteiger partial charge < -0.3 is 11.1 Å². The molecule has 0 saturated carbocycles. The van der Waals surface area contributed by atoms with Gasteiger partial charge in [-0.05, 0) is 30.7 Å². The fourth-order valence-electron chi connectivity index (χ4n) is 1.36. The van der Waals surface area contributed by atoms with Crippen molar-refractivity contribution in [2.45, 2.75) is 6.92 Å². The van der Waals surface area contributed by atoms with Crippen LogP contribution in [-0.2, 0) is 0 Å². The number of hydrogen-bond acceptors (Lipinski definition) is 4. The maximum atomic E-state index is 11.8. The fourth-order valence-corrected chi connectivity index (χ4v) is 1.36. The first-order valence-electron chi connectivity index (χ1n) is 5.10. The minimum Gasteiger partial charge on any atom is -0.399 e. The molecule has 86 valence electrons. The first-order valence-corrected chi connectivity index (χ1v) is 5.10. The Morgan fingerprint density at radius 1 is 1.35 bits per heavy atom. The lowest BCUT2D eigenvalue weighted by Crippen LogP contribution is -2.13. The highest BCUT2D eigenvalue weighted by Gasteiger charge is 2.07. The van der Waals surface area contributed by atoms with E-state index in [0.717, 1.165) is 5.56 Å². The first kappa shape index (κ1) is 11.1. The van der Waals surface area contributed by atoms with Gasteiger partial charge >= 0.3 is 0 Å².